The lowest BCUT2D eigenvalue weighted by Crippen LogP contribution is -2.51. The molecule has 15 heavy (non-hydrogen) atoms. The van der Waals surface area contributed by atoms with Crippen LogP contribution in [0.4, 0.5) is 13.2 Å². The van der Waals surface area contributed by atoms with Crippen molar-refractivity contribution in [3.05, 3.63) is 0 Å². The van der Waals surface area contributed by atoms with Crippen LogP contribution in [0.3, 0.4) is 0 Å². The number of nitrogens with two attached hydrogens (primary N) is 1. The monoisotopic (exact) mass is 226 g/mol. The molecule has 0 amide bonds. The van der Waals surface area contributed by atoms with Gasteiger partial charge in [0.2, 0.25) is 0 Å². The minimum Gasteiger partial charge on any atom is -0.394 e. The summed E-state index contributed by atoms with van der Waals surface area (Å²) >= 11 is 0. The van der Waals surface area contributed by atoms with Gasteiger partial charge in [-0.05, 0) is 25.7 Å². The van der Waals surface area contributed by atoms with Crippen molar-refractivity contribution in [2.75, 3.05) is 6.61 Å². The minimum absolute atomic E-state index is 0.113. The minimum atomic E-state index is -4.38. The van der Waals surface area contributed by atoms with Crippen molar-refractivity contribution in [2.24, 2.45) is 5.73 Å². The van der Waals surface area contributed by atoms with E-state index >= 15 is 0 Å². The second-order valence-electron chi connectivity index (χ2n) is 4.06. The van der Waals surface area contributed by atoms with Crippen LogP contribution in [-0.2, 0) is 0 Å². The third kappa shape index (κ3) is 3.96. The van der Waals surface area contributed by atoms with Gasteiger partial charge in [-0.3, -0.25) is 0 Å². The number of rotatable bonds is 3. The smallest absolute Gasteiger partial charge is 0.394 e. The Morgan fingerprint density at radius 3 is 2.20 bits per heavy atom. The van der Waals surface area contributed by atoms with Gasteiger partial charge in [-0.1, -0.05) is 0 Å². The zero-order valence-corrected chi connectivity index (χ0v) is 8.43. The highest BCUT2D eigenvalue weighted by Crippen LogP contribution is 2.23. The molecule has 3 nitrogen and oxygen atoms in total. The summed E-state index contributed by atoms with van der Waals surface area (Å²) in [6.07, 6.45) is -1.60. The van der Waals surface area contributed by atoms with Crippen molar-refractivity contribution >= 4 is 0 Å². The number of halogens is 3. The van der Waals surface area contributed by atoms with Crippen LogP contribution in [0.15, 0.2) is 0 Å². The molecule has 1 aliphatic rings. The fraction of sp³-hybridized carbons (Fsp3) is 1.00. The van der Waals surface area contributed by atoms with Gasteiger partial charge in [0.1, 0.15) is 6.04 Å². The average molecular weight is 226 g/mol. The SMILES string of the molecule is N[C@H]1CC[C@H](N[C@@H](CO)C(F)(F)F)CC1. The molecule has 0 aliphatic heterocycles. The number of aliphatic hydroxyl groups excluding tert-OH is 1. The van der Waals surface area contributed by atoms with Gasteiger partial charge in [-0.2, -0.15) is 13.2 Å². The number of hydrogen-bond donors (Lipinski definition) is 3. The molecule has 0 aromatic heterocycles. The van der Waals surface area contributed by atoms with Gasteiger partial charge in [-0.25, -0.2) is 0 Å². The third-order valence-corrected chi connectivity index (χ3v) is 2.79. The first-order chi connectivity index (χ1) is 6.93. The molecule has 0 bridgehead atoms. The molecule has 1 saturated carbocycles. The van der Waals surface area contributed by atoms with E-state index in [2.05, 4.69) is 5.32 Å². The van der Waals surface area contributed by atoms with E-state index in [1.807, 2.05) is 0 Å². The first-order valence-corrected chi connectivity index (χ1v) is 5.12. The van der Waals surface area contributed by atoms with E-state index in [1.54, 1.807) is 0 Å². The average Bonchev–Trinajstić information content (AvgIpc) is 2.15. The van der Waals surface area contributed by atoms with E-state index < -0.39 is 18.8 Å². The molecule has 0 spiro atoms. The fourth-order valence-corrected chi connectivity index (χ4v) is 1.82. The molecule has 0 saturated heterocycles. The maximum atomic E-state index is 12.3. The van der Waals surface area contributed by atoms with Crippen LogP contribution in [-0.4, -0.2) is 36.0 Å². The lowest BCUT2D eigenvalue weighted by atomic mass is 9.91. The number of aliphatic hydroxyl groups is 1. The summed E-state index contributed by atoms with van der Waals surface area (Å²) in [6.45, 7) is -0.911. The lowest BCUT2D eigenvalue weighted by molar-refractivity contribution is -0.166. The zero-order valence-electron chi connectivity index (χ0n) is 8.43. The Bertz CT molecular complexity index is 190. The van der Waals surface area contributed by atoms with Crippen molar-refractivity contribution < 1.29 is 18.3 Å². The first kappa shape index (κ1) is 12.7. The summed E-state index contributed by atoms with van der Waals surface area (Å²) in [5, 5.41) is 11.1. The maximum absolute atomic E-state index is 12.3. The van der Waals surface area contributed by atoms with Gasteiger partial charge in [0.25, 0.3) is 0 Å². The van der Waals surface area contributed by atoms with E-state index in [9.17, 15) is 13.2 Å². The molecular formula is C9H17F3N2O. The Morgan fingerprint density at radius 1 is 1.27 bits per heavy atom. The third-order valence-electron chi connectivity index (χ3n) is 2.79. The molecule has 6 heteroatoms. The molecule has 0 aromatic carbocycles. The van der Waals surface area contributed by atoms with E-state index in [-0.39, 0.29) is 12.1 Å². The molecule has 1 fully saturated rings. The van der Waals surface area contributed by atoms with Gasteiger partial charge >= 0.3 is 6.18 Å². The van der Waals surface area contributed by atoms with Crippen LogP contribution in [0.25, 0.3) is 0 Å². The van der Waals surface area contributed by atoms with Crippen LogP contribution in [0.2, 0.25) is 0 Å². The van der Waals surface area contributed by atoms with Crippen molar-refractivity contribution in [1.29, 1.82) is 0 Å². The maximum Gasteiger partial charge on any atom is 0.406 e. The molecule has 90 valence electrons. The quantitative estimate of drug-likeness (QED) is 0.666. The standard InChI is InChI=1S/C9H17F3N2O/c10-9(11,12)8(5-15)14-7-3-1-6(13)2-4-7/h6-8,14-15H,1-5,13H2/t6-,7-,8-/m0/s1. The Balaban J connectivity index is 2.39. The second kappa shape index (κ2) is 5.14. The predicted octanol–water partition coefficient (Wildman–Crippen LogP) is 0.769. The van der Waals surface area contributed by atoms with Crippen LogP contribution < -0.4 is 11.1 Å². The van der Waals surface area contributed by atoms with E-state index in [0.29, 0.717) is 12.8 Å². The summed E-state index contributed by atoms with van der Waals surface area (Å²) in [7, 11) is 0. The summed E-state index contributed by atoms with van der Waals surface area (Å²) in [6, 6.07) is -1.87. The molecule has 0 heterocycles. The Labute approximate surface area is 86.8 Å². The van der Waals surface area contributed by atoms with E-state index in [1.165, 1.54) is 0 Å². The molecule has 1 aliphatic carbocycles. The van der Waals surface area contributed by atoms with Gasteiger partial charge in [0, 0.05) is 12.1 Å². The van der Waals surface area contributed by atoms with Crippen molar-refractivity contribution in [2.45, 2.75) is 50.0 Å². The number of alkyl halides is 3. The van der Waals surface area contributed by atoms with E-state index in [4.69, 9.17) is 10.8 Å². The fourth-order valence-electron chi connectivity index (χ4n) is 1.82. The van der Waals surface area contributed by atoms with Crippen LogP contribution >= 0.6 is 0 Å². The van der Waals surface area contributed by atoms with Crippen molar-refractivity contribution in [1.82, 2.24) is 5.32 Å². The van der Waals surface area contributed by atoms with Gasteiger partial charge in [0.15, 0.2) is 0 Å². The van der Waals surface area contributed by atoms with Crippen molar-refractivity contribution in [3.8, 4) is 0 Å². The van der Waals surface area contributed by atoms with Gasteiger partial charge < -0.3 is 16.2 Å². The molecular weight excluding hydrogens is 209 g/mol. The number of hydrogen-bond acceptors (Lipinski definition) is 3. The lowest BCUT2D eigenvalue weighted by Gasteiger charge is -2.30. The summed E-state index contributed by atoms with van der Waals surface area (Å²) < 4.78 is 36.9. The highest BCUT2D eigenvalue weighted by atomic mass is 19.4. The predicted molar refractivity (Wildman–Crippen MR) is 50.3 cm³/mol. The number of nitrogens with one attached hydrogen (secondary N) is 1. The van der Waals surface area contributed by atoms with Crippen molar-refractivity contribution in [3.63, 3.8) is 0 Å². The van der Waals surface area contributed by atoms with Crippen LogP contribution in [0.5, 0.6) is 0 Å². The normalized spacial score (nSPS) is 30.2. The highest BCUT2D eigenvalue weighted by molar-refractivity contribution is 4.84. The van der Waals surface area contributed by atoms with Gasteiger partial charge in [-0.15, -0.1) is 0 Å². The molecule has 1 rings (SSSR count). The molecule has 4 N–H and O–H groups in total. The van der Waals surface area contributed by atoms with Crippen LogP contribution in [0, 0.1) is 0 Å². The molecule has 0 radical (unpaired) electrons. The Kier molecular flexibility index (Phi) is 4.36. The molecule has 1 atom stereocenters. The largest absolute Gasteiger partial charge is 0.406 e. The first-order valence-electron chi connectivity index (χ1n) is 5.12. The summed E-state index contributed by atoms with van der Waals surface area (Å²) in [5.74, 6) is 0. The second-order valence-corrected chi connectivity index (χ2v) is 4.06. The Hall–Kier alpha value is -0.330. The topological polar surface area (TPSA) is 58.3 Å². The summed E-state index contributed by atoms with van der Waals surface area (Å²) in [4.78, 5) is 0. The highest BCUT2D eigenvalue weighted by Gasteiger charge is 2.40. The molecule has 0 aromatic rings. The van der Waals surface area contributed by atoms with Gasteiger partial charge in [0.05, 0.1) is 6.61 Å². The Morgan fingerprint density at radius 2 is 1.80 bits per heavy atom. The van der Waals surface area contributed by atoms with Crippen LogP contribution in [0.1, 0.15) is 25.7 Å². The molecule has 0 unspecified atom stereocenters. The summed E-state index contributed by atoms with van der Waals surface area (Å²) in [5.41, 5.74) is 5.65. The zero-order chi connectivity index (χ0) is 11.5. The van der Waals surface area contributed by atoms with E-state index in [0.717, 1.165) is 12.8 Å².